The second-order valence-electron chi connectivity index (χ2n) is 5.04. The smallest absolute Gasteiger partial charge is 0.338 e. The van der Waals surface area contributed by atoms with Crippen molar-refractivity contribution in [3.8, 4) is 0 Å². The Morgan fingerprint density at radius 1 is 1.08 bits per heavy atom. The number of rotatable bonds is 5. The van der Waals surface area contributed by atoms with E-state index in [4.69, 9.17) is 4.74 Å². The molecule has 6 heteroatoms. The molecule has 3 rings (SSSR count). The van der Waals surface area contributed by atoms with Gasteiger partial charge in [0, 0.05) is 6.54 Å². The molecule has 0 aliphatic rings. The summed E-state index contributed by atoms with van der Waals surface area (Å²) >= 11 is 1.44. The molecule has 0 bridgehead atoms. The number of hydrogen-bond acceptors (Lipinski definition) is 5. The van der Waals surface area contributed by atoms with Crippen LogP contribution >= 0.6 is 11.3 Å². The number of esters is 1. The van der Waals surface area contributed by atoms with Gasteiger partial charge in [0.05, 0.1) is 15.8 Å². The molecule has 1 heterocycles. The monoisotopic (exact) mass is 340 g/mol. The minimum absolute atomic E-state index is 0.291. The van der Waals surface area contributed by atoms with E-state index in [1.165, 1.54) is 16.2 Å². The molecule has 122 valence electrons. The predicted octanol–water partition coefficient (Wildman–Crippen LogP) is 3.51. The van der Waals surface area contributed by atoms with Gasteiger partial charge in [0.25, 0.3) is 5.91 Å². The van der Waals surface area contributed by atoms with Crippen molar-refractivity contribution in [1.82, 2.24) is 4.98 Å². The van der Waals surface area contributed by atoms with Gasteiger partial charge in [-0.2, -0.15) is 0 Å². The van der Waals surface area contributed by atoms with E-state index in [1.807, 2.05) is 37.3 Å². The zero-order valence-corrected chi connectivity index (χ0v) is 14.0. The number of ether oxygens (including phenoxy) is 1. The summed E-state index contributed by atoms with van der Waals surface area (Å²) in [6.07, 6.45) is 0. The highest BCUT2D eigenvalue weighted by atomic mass is 32.1. The highest BCUT2D eigenvalue weighted by molar-refractivity contribution is 7.22. The molecule has 0 radical (unpaired) electrons. The molecule has 5 nitrogen and oxygen atoms in total. The van der Waals surface area contributed by atoms with E-state index in [9.17, 15) is 9.59 Å². The molecule has 0 fully saturated rings. The first-order valence-corrected chi connectivity index (χ1v) is 8.39. The lowest BCUT2D eigenvalue weighted by Crippen LogP contribution is -2.34. The number of anilines is 1. The number of fused-ring (bicyclic) bond motifs is 1. The highest BCUT2D eigenvalue weighted by Crippen LogP contribution is 2.28. The van der Waals surface area contributed by atoms with E-state index in [2.05, 4.69) is 4.98 Å². The van der Waals surface area contributed by atoms with E-state index in [-0.39, 0.29) is 12.5 Å². The SMILES string of the molecule is CCN(C(=O)COC(=O)c1ccccc1)c1nc2ccccc2s1. The lowest BCUT2D eigenvalue weighted by Gasteiger charge is -2.17. The Balaban J connectivity index is 1.69. The molecule has 0 aliphatic carbocycles. The Labute approximate surface area is 143 Å². The van der Waals surface area contributed by atoms with Gasteiger partial charge in [-0.3, -0.25) is 9.69 Å². The number of likely N-dealkylation sites (N-methyl/N-ethyl adjacent to an activating group) is 1. The molecule has 0 aliphatic heterocycles. The van der Waals surface area contributed by atoms with E-state index < -0.39 is 5.97 Å². The fraction of sp³-hybridized carbons (Fsp3) is 0.167. The van der Waals surface area contributed by atoms with Crippen LogP contribution in [-0.4, -0.2) is 30.0 Å². The molecule has 0 spiro atoms. The third-order valence-electron chi connectivity index (χ3n) is 3.47. The number of aromatic nitrogens is 1. The summed E-state index contributed by atoms with van der Waals surface area (Å²) in [5, 5.41) is 0.611. The molecule has 0 N–H and O–H groups in total. The largest absolute Gasteiger partial charge is 0.452 e. The van der Waals surface area contributed by atoms with Gasteiger partial charge in [0.15, 0.2) is 11.7 Å². The first-order valence-electron chi connectivity index (χ1n) is 7.57. The van der Waals surface area contributed by atoms with Crippen LogP contribution in [0.4, 0.5) is 5.13 Å². The Morgan fingerprint density at radius 2 is 1.79 bits per heavy atom. The van der Waals surface area contributed by atoms with Crippen molar-refractivity contribution in [1.29, 1.82) is 0 Å². The van der Waals surface area contributed by atoms with Crippen molar-refractivity contribution in [3.63, 3.8) is 0 Å². The maximum atomic E-state index is 12.4. The number of para-hydroxylation sites is 1. The molecule has 0 atom stereocenters. The molecule has 0 unspecified atom stereocenters. The fourth-order valence-corrected chi connectivity index (χ4v) is 3.30. The Hall–Kier alpha value is -2.73. The maximum absolute atomic E-state index is 12.4. The van der Waals surface area contributed by atoms with Crippen LogP contribution in [0, 0.1) is 0 Å². The first-order chi connectivity index (χ1) is 11.7. The second-order valence-corrected chi connectivity index (χ2v) is 6.05. The molecule has 0 saturated carbocycles. The van der Waals surface area contributed by atoms with Crippen LogP contribution < -0.4 is 4.90 Å². The molecular weight excluding hydrogens is 324 g/mol. The number of carbonyl (C=O) groups excluding carboxylic acids is 2. The lowest BCUT2D eigenvalue weighted by atomic mass is 10.2. The third-order valence-corrected chi connectivity index (χ3v) is 4.53. The minimum Gasteiger partial charge on any atom is -0.452 e. The van der Waals surface area contributed by atoms with Gasteiger partial charge in [-0.25, -0.2) is 9.78 Å². The first kappa shape index (κ1) is 16.1. The summed E-state index contributed by atoms with van der Waals surface area (Å²) in [4.78, 5) is 30.3. The van der Waals surface area contributed by atoms with E-state index in [0.29, 0.717) is 17.2 Å². The summed E-state index contributed by atoms with van der Waals surface area (Å²) in [5.74, 6) is -0.801. The Bertz CT molecular complexity index is 828. The zero-order chi connectivity index (χ0) is 16.9. The second kappa shape index (κ2) is 7.23. The van der Waals surface area contributed by atoms with Crippen molar-refractivity contribution in [2.45, 2.75) is 6.92 Å². The number of thiazole rings is 1. The summed E-state index contributed by atoms with van der Waals surface area (Å²) in [5.41, 5.74) is 1.28. The van der Waals surface area contributed by atoms with Crippen LogP contribution in [0.25, 0.3) is 10.2 Å². The van der Waals surface area contributed by atoms with Gasteiger partial charge in [0.2, 0.25) is 0 Å². The summed E-state index contributed by atoms with van der Waals surface area (Å²) < 4.78 is 6.13. The van der Waals surface area contributed by atoms with Gasteiger partial charge in [-0.05, 0) is 31.2 Å². The quantitative estimate of drug-likeness (QED) is 0.667. The van der Waals surface area contributed by atoms with Gasteiger partial charge in [-0.15, -0.1) is 0 Å². The van der Waals surface area contributed by atoms with Crippen molar-refractivity contribution < 1.29 is 14.3 Å². The third kappa shape index (κ3) is 3.44. The van der Waals surface area contributed by atoms with Crippen LogP contribution in [0.5, 0.6) is 0 Å². The Kier molecular flexibility index (Phi) is 4.86. The molecule has 2 aromatic carbocycles. The molecular formula is C18H16N2O3S. The van der Waals surface area contributed by atoms with Gasteiger partial charge >= 0.3 is 5.97 Å². The minimum atomic E-state index is -0.510. The molecule has 1 amide bonds. The van der Waals surface area contributed by atoms with E-state index >= 15 is 0 Å². The normalized spacial score (nSPS) is 10.5. The van der Waals surface area contributed by atoms with Crippen LogP contribution in [0.15, 0.2) is 54.6 Å². The summed E-state index contributed by atoms with van der Waals surface area (Å²) in [6.45, 7) is 2.02. The van der Waals surface area contributed by atoms with Crippen LogP contribution in [0.3, 0.4) is 0 Å². The molecule has 24 heavy (non-hydrogen) atoms. The average molecular weight is 340 g/mol. The van der Waals surface area contributed by atoms with E-state index in [1.54, 1.807) is 24.3 Å². The standard InChI is InChI=1S/C18H16N2O3S/c1-2-20(18-19-14-10-6-7-11-15(14)24-18)16(21)12-23-17(22)13-8-4-3-5-9-13/h3-11H,2,12H2,1H3. The summed E-state index contributed by atoms with van der Waals surface area (Å²) in [6, 6.07) is 16.3. The van der Waals surface area contributed by atoms with Crippen LogP contribution in [-0.2, 0) is 9.53 Å². The fourth-order valence-electron chi connectivity index (χ4n) is 2.26. The number of carbonyl (C=O) groups is 2. The van der Waals surface area contributed by atoms with Gasteiger partial charge in [-0.1, -0.05) is 41.7 Å². The van der Waals surface area contributed by atoms with E-state index in [0.717, 1.165) is 10.2 Å². The Morgan fingerprint density at radius 3 is 2.50 bits per heavy atom. The topological polar surface area (TPSA) is 59.5 Å². The molecule has 3 aromatic rings. The zero-order valence-electron chi connectivity index (χ0n) is 13.1. The number of benzene rings is 2. The van der Waals surface area contributed by atoms with Gasteiger partial charge in [0.1, 0.15) is 0 Å². The van der Waals surface area contributed by atoms with Gasteiger partial charge < -0.3 is 4.74 Å². The van der Waals surface area contributed by atoms with Crippen LogP contribution in [0.1, 0.15) is 17.3 Å². The van der Waals surface area contributed by atoms with Crippen LogP contribution in [0.2, 0.25) is 0 Å². The summed E-state index contributed by atoms with van der Waals surface area (Å²) in [7, 11) is 0. The van der Waals surface area contributed by atoms with Crippen molar-refractivity contribution in [2.75, 3.05) is 18.1 Å². The number of amides is 1. The molecule has 0 saturated heterocycles. The van der Waals surface area contributed by atoms with Crippen molar-refractivity contribution >= 4 is 38.6 Å². The number of hydrogen-bond donors (Lipinski definition) is 0. The number of nitrogens with zero attached hydrogens (tertiary/aromatic N) is 2. The van der Waals surface area contributed by atoms with Crippen molar-refractivity contribution in [2.24, 2.45) is 0 Å². The average Bonchev–Trinajstić information content (AvgIpc) is 3.04. The lowest BCUT2D eigenvalue weighted by molar-refractivity contribution is -0.121. The maximum Gasteiger partial charge on any atom is 0.338 e. The highest BCUT2D eigenvalue weighted by Gasteiger charge is 2.19. The predicted molar refractivity (Wildman–Crippen MR) is 94.4 cm³/mol. The molecule has 1 aromatic heterocycles. The van der Waals surface area contributed by atoms with Crippen molar-refractivity contribution in [3.05, 3.63) is 60.2 Å².